The number of nitrogens with zero attached hydrogens (tertiary/aromatic N) is 5. The van der Waals surface area contributed by atoms with Gasteiger partial charge >= 0.3 is 0 Å². The Morgan fingerprint density at radius 3 is 2.81 bits per heavy atom. The maximum Gasteiger partial charge on any atom is 0.193 e. The largest absolute Gasteiger partial charge is 0.356 e. The normalized spacial score (nSPS) is 14.6. The van der Waals surface area contributed by atoms with Crippen molar-refractivity contribution in [1.29, 1.82) is 0 Å². The number of hydrogen-bond donors (Lipinski definition) is 1. The van der Waals surface area contributed by atoms with Crippen LogP contribution in [0.1, 0.15) is 42.9 Å². The van der Waals surface area contributed by atoms with Crippen LogP contribution in [-0.4, -0.2) is 46.3 Å². The van der Waals surface area contributed by atoms with Gasteiger partial charge in [-0.2, -0.15) is 0 Å². The van der Waals surface area contributed by atoms with Gasteiger partial charge in [-0.3, -0.25) is 4.99 Å². The first-order valence-corrected chi connectivity index (χ1v) is 10.1. The minimum absolute atomic E-state index is 0.760. The lowest BCUT2D eigenvalue weighted by Gasteiger charge is -2.22. The molecule has 0 unspecified atom stereocenters. The second-order valence-electron chi connectivity index (χ2n) is 7.05. The quantitative estimate of drug-likeness (QED) is 0.468. The van der Waals surface area contributed by atoms with E-state index in [0.29, 0.717) is 0 Å². The first-order chi connectivity index (χ1) is 13.2. The van der Waals surface area contributed by atoms with Gasteiger partial charge in [0.1, 0.15) is 11.6 Å². The highest BCUT2D eigenvalue weighted by Crippen LogP contribution is 2.15. The maximum absolute atomic E-state index is 5.96. The second kappa shape index (κ2) is 9.74. The van der Waals surface area contributed by atoms with E-state index < -0.39 is 0 Å². The Morgan fingerprint density at radius 1 is 1.22 bits per heavy atom. The fourth-order valence-corrected chi connectivity index (χ4v) is 3.63. The van der Waals surface area contributed by atoms with Crippen LogP contribution >= 0.6 is 11.6 Å². The van der Waals surface area contributed by atoms with Crippen LogP contribution in [0.4, 0.5) is 0 Å². The van der Waals surface area contributed by atoms with E-state index >= 15 is 0 Å². The third-order valence-electron chi connectivity index (χ3n) is 4.95. The Bertz CT molecular complexity index is 752. The van der Waals surface area contributed by atoms with E-state index in [4.69, 9.17) is 11.6 Å². The van der Waals surface area contributed by atoms with Crippen molar-refractivity contribution in [1.82, 2.24) is 25.0 Å². The third-order valence-corrected chi connectivity index (χ3v) is 5.20. The first kappa shape index (κ1) is 19.7. The van der Waals surface area contributed by atoms with E-state index in [0.717, 1.165) is 61.5 Å². The standard InChI is InChI=1S/C20H29ClN6/c1-22-20(26(2)15-16-9-11-17(21)12-10-16)23-13-6-8-19-25-24-18-7-4-3-5-14-27(18)19/h9-12H,3-8,13-15H2,1-2H3,(H,22,23). The summed E-state index contributed by atoms with van der Waals surface area (Å²) in [4.78, 5) is 6.51. The Morgan fingerprint density at radius 2 is 2.04 bits per heavy atom. The van der Waals surface area contributed by atoms with Crippen LogP contribution in [0, 0.1) is 0 Å². The molecular formula is C20H29ClN6. The van der Waals surface area contributed by atoms with Gasteiger partial charge in [-0.25, -0.2) is 0 Å². The van der Waals surface area contributed by atoms with Crippen molar-refractivity contribution >= 4 is 17.6 Å². The van der Waals surface area contributed by atoms with Crippen molar-refractivity contribution in [3.05, 3.63) is 46.5 Å². The zero-order valence-electron chi connectivity index (χ0n) is 16.3. The molecule has 0 aliphatic carbocycles. The number of guanidine groups is 1. The predicted molar refractivity (Wildman–Crippen MR) is 110 cm³/mol. The maximum atomic E-state index is 5.96. The zero-order chi connectivity index (χ0) is 19.1. The lowest BCUT2D eigenvalue weighted by Crippen LogP contribution is -2.39. The van der Waals surface area contributed by atoms with E-state index in [1.54, 1.807) is 0 Å². The molecule has 6 nitrogen and oxygen atoms in total. The molecule has 27 heavy (non-hydrogen) atoms. The minimum atomic E-state index is 0.760. The van der Waals surface area contributed by atoms with E-state index in [9.17, 15) is 0 Å². The molecule has 1 N–H and O–H groups in total. The predicted octanol–water partition coefficient (Wildman–Crippen LogP) is 3.30. The number of hydrogen-bond acceptors (Lipinski definition) is 3. The van der Waals surface area contributed by atoms with E-state index in [1.165, 1.54) is 24.8 Å². The Kier molecular flexibility index (Phi) is 7.10. The molecule has 0 radical (unpaired) electrons. The van der Waals surface area contributed by atoms with E-state index in [2.05, 4.69) is 30.0 Å². The average Bonchev–Trinajstić information content (AvgIpc) is 2.90. The van der Waals surface area contributed by atoms with Gasteiger partial charge < -0.3 is 14.8 Å². The highest BCUT2D eigenvalue weighted by molar-refractivity contribution is 6.30. The van der Waals surface area contributed by atoms with Crippen LogP contribution in [0.3, 0.4) is 0 Å². The molecule has 2 heterocycles. The molecule has 3 rings (SSSR count). The Labute approximate surface area is 166 Å². The van der Waals surface area contributed by atoms with Gasteiger partial charge in [0, 0.05) is 51.6 Å². The number of fused-ring (bicyclic) bond motifs is 1. The van der Waals surface area contributed by atoms with Crippen molar-refractivity contribution in [2.24, 2.45) is 4.99 Å². The molecular weight excluding hydrogens is 360 g/mol. The summed E-state index contributed by atoms with van der Waals surface area (Å²) in [6.07, 6.45) is 6.77. The molecule has 1 aromatic carbocycles. The first-order valence-electron chi connectivity index (χ1n) is 9.74. The summed E-state index contributed by atoms with van der Waals surface area (Å²) in [6.45, 7) is 2.71. The fraction of sp³-hybridized carbons (Fsp3) is 0.550. The summed E-state index contributed by atoms with van der Waals surface area (Å²) in [5.74, 6) is 3.18. The van der Waals surface area contributed by atoms with Crippen LogP contribution < -0.4 is 5.32 Å². The average molecular weight is 389 g/mol. The van der Waals surface area contributed by atoms with Gasteiger partial charge in [0.2, 0.25) is 0 Å². The topological polar surface area (TPSA) is 58.3 Å². The molecule has 0 saturated heterocycles. The summed E-state index contributed by atoms with van der Waals surface area (Å²) in [5.41, 5.74) is 1.20. The summed E-state index contributed by atoms with van der Waals surface area (Å²) in [6, 6.07) is 7.93. The molecule has 0 amide bonds. The van der Waals surface area contributed by atoms with Crippen molar-refractivity contribution in [2.75, 3.05) is 20.6 Å². The highest BCUT2D eigenvalue weighted by Gasteiger charge is 2.14. The molecule has 0 fully saturated rings. The lowest BCUT2D eigenvalue weighted by atomic mass is 10.2. The number of rotatable bonds is 6. The van der Waals surface area contributed by atoms with Gasteiger partial charge in [0.15, 0.2) is 5.96 Å². The summed E-state index contributed by atoms with van der Waals surface area (Å²) in [5, 5.41) is 13.0. The zero-order valence-corrected chi connectivity index (χ0v) is 17.0. The van der Waals surface area contributed by atoms with Crippen LogP contribution in [0.5, 0.6) is 0 Å². The van der Waals surface area contributed by atoms with Gasteiger partial charge in [-0.1, -0.05) is 30.2 Å². The second-order valence-corrected chi connectivity index (χ2v) is 7.49. The number of aliphatic imine (C=N–C) groups is 1. The molecule has 0 spiro atoms. The van der Waals surface area contributed by atoms with Gasteiger partial charge in [-0.05, 0) is 37.0 Å². The number of aryl methyl sites for hydroxylation is 2. The van der Waals surface area contributed by atoms with Crippen molar-refractivity contribution < 1.29 is 0 Å². The molecule has 1 aliphatic rings. The monoisotopic (exact) mass is 388 g/mol. The lowest BCUT2D eigenvalue weighted by molar-refractivity contribution is 0.475. The molecule has 0 saturated carbocycles. The number of benzene rings is 1. The number of nitrogens with one attached hydrogen (secondary N) is 1. The van der Waals surface area contributed by atoms with Crippen LogP contribution in [0.2, 0.25) is 5.02 Å². The minimum Gasteiger partial charge on any atom is -0.356 e. The molecule has 0 atom stereocenters. The number of halogens is 1. The summed E-state index contributed by atoms with van der Waals surface area (Å²) in [7, 11) is 3.86. The van der Waals surface area contributed by atoms with Crippen LogP contribution in [-0.2, 0) is 25.9 Å². The van der Waals surface area contributed by atoms with Gasteiger partial charge in [-0.15, -0.1) is 10.2 Å². The third kappa shape index (κ3) is 5.45. The van der Waals surface area contributed by atoms with Crippen molar-refractivity contribution in [2.45, 2.75) is 51.6 Å². The highest BCUT2D eigenvalue weighted by atomic mass is 35.5. The van der Waals surface area contributed by atoms with Crippen LogP contribution in [0.25, 0.3) is 0 Å². The summed E-state index contributed by atoms with van der Waals surface area (Å²) < 4.78 is 2.33. The van der Waals surface area contributed by atoms with Crippen molar-refractivity contribution in [3.8, 4) is 0 Å². The van der Waals surface area contributed by atoms with E-state index in [-0.39, 0.29) is 0 Å². The molecule has 1 aromatic heterocycles. The molecule has 7 heteroatoms. The van der Waals surface area contributed by atoms with Crippen molar-refractivity contribution in [3.63, 3.8) is 0 Å². The van der Waals surface area contributed by atoms with E-state index in [1.807, 2.05) is 38.4 Å². The molecule has 0 bridgehead atoms. The SMILES string of the molecule is CN=C(NCCCc1nnc2n1CCCCC2)N(C)Cc1ccc(Cl)cc1. The number of aromatic nitrogens is 3. The summed E-state index contributed by atoms with van der Waals surface area (Å²) >= 11 is 5.96. The molecule has 1 aliphatic heterocycles. The molecule has 146 valence electrons. The fourth-order valence-electron chi connectivity index (χ4n) is 3.50. The smallest absolute Gasteiger partial charge is 0.193 e. The Balaban J connectivity index is 1.46. The Hall–Kier alpha value is -2.08. The molecule has 2 aromatic rings. The van der Waals surface area contributed by atoms with Gasteiger partial charge in [0.25, 0.3) is 0 Å². The van der Waals surface area contributed by atoms with Crippen LogP contribution in [0.15, 0.2) is 29.3 Å². The van der Waals surface area contributed by atoms with Gasteiger partial charge in [0.05, 0.1) is 0 Å².